The van der Waals surface area contributed by atoms with E-state index in [2.05, 4.69) is 4.99 Å². The summed E-state index contributed by atoms with van der Waals surface area (Å²) >= 11 is 0. The average Bonchev–Trinajstić information content (AvgIpc) is 2.46. The summed E-state index contributed by atoms with van der Waals surface area (Å²) in [7, 11) is 0. The predicted molar refractivity (Wildman–Crippen MR) is 77.2 cm³/mol. The van der Waals surface area contributed by atoms with Crippen LogP contribution in [-0.4, -0.2) is 16.2 Å². The lowest BCUT2D eigenvalue weighted by molar-refractivity contribution is -0.384. The van der Waals surface area contributed by atoms with E-state index in [-0.39, 0.29) is 17.5 Å². The van der Waals surface area contributed by atoms with E-state index in [4.69, 9.17) is 0 Å². The molecule has 0 heterocycles. The first-order chi connectivity index (χ1) is 9.56. The zero-order valence-corrected chi connectivity index (χ0v) is 10.9. The highest BCUT2D eigenvalue weighted by molar-refractivity contribution is 5.79. The third kappa shape index (κ3) is 3.41. The van der Waals surface area contributed by atoms with Gasteiger partial charge < -0.3 is 5.11 Å². The second-order valence-electron chi connectivity index (χ2n) is 4.39. The van der Waals surface area contributed by atoms with Crippen LogP contribution in [0.5, 0.6) is 5.75 Å². The quantitative estimate of drug-likeness (QED) is 0.525. The van der Waals surface area contributed by atoms with Gasteiger partial charge in [-0.2, -0.15) is 0 Å². The van der Waals surface area contributed by atoms with Gasteiger partial charge in [0.25, 0.3) is 5.69 Å². The Balaban J connectivity index is 2.09. The number of non-ortho nitro benzene ring substituents is 1. The summed E-state index contributed by atoms with van der Waals surface area (Å²) in [5.41, 5.74) is 1.87. The van der Waals surface area contributed by atoms with Gasteiger partial charge in [0.15, 0.2) is 0 Å². The smallest absolute Gasteiger partial charge is 0.269 e. The Bertz CT molecular complexity index is 619. The number of phenols is 1. The molecule has 5 nitrogen and oxygen atoms in total. The molecule has 102 valence electrons. The molecule has 2 aromatic carbocycles. The van der Waals surface area contributed by atoms with Crippen molar-refractivity contribution < 1.29 is 10.0 Å². The van der Waals surface area contributed by atoms with Gasteiger partial charge >= 0.3 is 0 Å². The van der Waals surface area contributed by atoms with E-state index in [0.717, 1.165) is 11.1 Å². The van der Waals surface area contributed by atoms with Crippen molar-refractivity contribution in [3.63, 3.8) is 0 Å². The van der Waals surface area contributed by atoms with Crippen LogP contribution < -0.4 is 0 Å². The molecule has 2 rings (SSSR count). The summed E-state index contributed by atoms with van der Waals surface area (Å²) in [6, 6.07) is 13.0. The largest absolute Gasteiger partial charge is 0.508 e. The first kappa shape index (κ1) is 13.7. The van der Waals surface area contributed by atoms with E-state index in [9.17, 15) is 15.2 Å². The van der Waals surface area contributed by atoms with Gasteiger partial charge in [0.1, 0.15) is 5.75 Å². The van der Waals surface area contributed by atoms with E-state index in [1.165, 1.54) is 12.1 Å². The van der Waals surface area contributed by atoms with Gasteiger partial charge in [-0.15, -0.1) is 0 Å². The van der Waals surface area contributed by atoms with Crippen LogP contribution in [0.25, 0.3) is 0 Å². The summed E-state index contributed by atoms with van der Waals surface area (Å²) < 4.78 is 0. The molecule has 2 aromatic rings. The fourth-order valence-electron chi connectivity index (χ4n) is 1.72. The molecule has 0 saturated heterocycles. The molecule has 0 aromatic heterocycles. The van der Waals surface area contributed by atoms with Crippen LogP contribution in [0, 0.1) is 10.1 Å². The second-order valence-corrected chi connectivity index (χ2v) is 4.39. The lowest BCUT2D eigenvalue weighted by Crippen LogP contribution is -1.93. The van der Waals surface area contributed by atoms with E-state index < -0.39 is 4.92 Å². The third-order valence-electron chi connectivity index (χ3n) is 2.93. The molecule has 0 aliphatic carbocycles. The van der Waals surface area contributed by atoms with Gasteiger partial charge in [0.05, 0.1) is 11.0 Å². The number of phenolic OH excluding ortho intramolecular Hbond substituents is 1. The highest BCUT2D eigenvalue weighted by atomic mass is 16.6. The Morgan fingerprint density at radius 1 is 1.15 bits per heavy atom. The SMILES string of the molecule is CC(/N=C/c1ccc(O)cc1)c1ccc([N+](=O)[O-])cc1. The molecule has 20 heavy (non-hydrogen) atoms. The maximum atomic E-state index is 10.6. The fraction of sp³-hybridized carbons (Fsp3) is 0.133. The van der Waals surface area contributed by atoms with Crippen molar-refractivity contribution in [1.29, 1.82) is 0 Å². The number of benzene rings is 2. The summed E-state index contributed by atoms with van der Waals surface area (Å²) in [6.07, 6.45) is 1.71. The lowest BCUT2D eigenvalue weighted by atomic mass is 10.1. The number of nitro benzene ring substituents is 1. The fourth-order valence-corrected chi connectivity index (χ4v) is 1.72. The second kappa shape index (κ2) is 5.97. The third-order valence-corrected chi connectivity index (χ3v) is 2.93. The molecular weight excluding hydrogens is 256 g/mol. The van der Waals surface area contributed by atoms with Crippen molar-refractivity contribution in [3.05, 3.63) is 69.8 Å². The Morgan fingerprint density at radius 2 is 1.75 bits per heavy atom. The minimum absolute atomic E-state index is 0.0727. The topological polar surface area (TPSA) is 75.7 Å². The highest BCUT2D eigenvalue weighted by Crippen LogP contribution is 2.20. The van der Waals surface area contributed by atoms with E-state index in [1.807, 2.05) is 6.92 Å². The minimum atomic E-state index is -0.422. The monoisotopic (exact) mass is 270 g/mol. The molecule has 0 spiro atoms. The molecule has 1 atom stereocenters. The molecule has 5 heteroatoms. The molecular formula is C15H14N2O3. The van der Waals surface area contributed by atoms with Crippen molar-refractivity contribution in [1.82, 2.24) is 0 Å². The standard InChI is InChI=1S/C15H14N2O3/c1-11(13-4-6-14(7-5-13)17(19)20)16-10-12-2-8-15(18)9-3-12/h2-11,18H,1H3/b16-10+. The molecule has 0 bridgehead atoms. The van der Waals surface area contributed by atoms with Gasteiger partial charge in [-0.3, -0.25) is 15.1 Å². The Morgan fingerprint density at radius 3 is 2.30 bits per heavy atom. The maximum absolute atomic E-state index is 10.6. The van der Waals surface area contributed by atoms with E-state index >= 15 is 0 Å². The predicted octanol–water partition coefficient (Wildman–Crippen LogP) is 3.48. The van der Waals surface area contributed by atoms with Gasteiger partial charge in [-0.05, 0) is 42.3 Å². The number of aliphatic imine (C=N–C) groups is 1. The van der Waals surface area contributed by atoms with Gasteiger partial charge in [-0.1, -0.05) is 12.1 Å². The zero-order chi connectivity index (χ0) is 14.5. The molecule has 0 amide bonds. The van der Waals surface area contributed by atoms with E-state index in [0.29, 0.717) is 0 Å². The van der Waals surface area contributed by atoms with Gasteiger partial charge in [0, 0.05) is 18.3 Å². The van der Waals surface area contributed by atoms with Crippen molar-refractivity contribution in [2.24, 2.45) is 4.99 Å². The van der Waals surface area contributed by atoms with Gasteiger partial charge in [-0.25, -0.2) is 0 Å². The van der Waals surface area contributed by atoms with Crippen molar-refractivity contribution >= 4 is 11.9 Å². The highest BCUT2D eigenvalue weighted by Gasteiger charge is 2.07. The van der Waals surface area contributed by atoms with Crippen LogP contribution in [0.4, 0.5) is 5.69 Å². The van der Waals surface area contributed by atoms with E-state index in [1.54, 1.807) is 42.6 Å². The van der Waals surface area contributed by atoms with Crippen LogP contribution in [0.2, 0.25) is 0 Å². The molecule has 0 aliphatic heterocycles. The Kier molecular flexibility index (Phi) is 4.10. The first-order valence-corrected chi connectivity index (χ1v) is 6.13. The van der Waals surface area contributed by atoms with Crippen LogP contribution in [0.15, 0.2) is 53.5 Å². The van der Waals surface area contributed by atoms with Crippen LogP contribution >= 0.6 is 0 Å². The number of aromatic hydroxyl groups is 1. The number of hydrogen-bond acceptors (Lipinski definition) is 4. The van der Waals surface area contributed by atoms with Crippen LogP contribution in [-0.2, 0) is 0 Å². The van der Waals surface area contributed by atoms with Crippen molar-refractivity contribution in [2.75, 3.05) is 0 Å². The number of hydrogen-bond donors (Lipinski definition) is 1. The zero-order valence-electron chi connectivity index (χ0n) is 10.9. The molecule has 0 fully saturated rings. The summed E-state index contributed by atoms with van der Waals surface area (Å²) in [5.74, 6) is 0.213. The normalized spacial score (nSPS) is 12.4. The summed E-state index contributed by atoms with van der Waals surface area (Å²) in [5, 5.41) is 19.8. The molecule has 0 saturated carbocycles. The number of nitro groups is 1. The summed E-state index contributed by atoms with van der Waals surface area (Å²) in [4.78, 5) is 14.5. The Labute approximate surface area is 116 Å². The molecule has 1 N–H and O–H groups in total. The Hall–Kier alpha value is -2.69. The van der Waals surface area contributed by atoms with Crippen molar-refractivity contribution in [3.8, 4) is 5.75 Å². The lowest BCUT2D eigenvalue weighted by Gasteiger charge is -2.06. The first-order valence-electron chi connectivity index (χ1n) is 6.13. The molecule has 0 aliphatic rings. The molecule has 0 radical (unpaired) electrons. The maximum Gasteiger partial charge on any atom is 0.269 e. The number of nitrogens with zero attached hydrogens (tertiary/aromatic N) is 2. The molecule has 1 unspecified atom stereocenters. The number of rotatable bonds is 4. The van der Waals surface area contributed by atoms with Crippen LogP contribution in [0.1, 0.15) is 24.1 Å². The minimum Gasteiger partial charge on any atom is -0.508 e. The summed E-state index contributed by atoms with van der Waals surface area (Å²) in [6.45, 7) is 1.91. The van der Waals surface area contributed by atoms with Crippen molar-refractivity contribution in [2.45, 2.75) is 13.0 Å². The van der Waals surface area contributed by atoms with Gasteiger partial charge in [0.2, 0.25) is 0 Å². The van der Waals surface area contributed by atoms with Crippen LogP contribution in [0.3, 0.4) is 0 Å². The average molecular weight is 270 g/mol.